The van der Waals surface area contributed by atoms with E-state index in [1.54, 1.807) is 7.11 Å². The van der Waals surface area contributed by atoms with Gasteiger partial charge in [0.25, 0.3) is 0 Å². The summed E-state index contributed by atoms with van der Waals surface area (Å²) in [6.07, 6.45) is 2.52. The molecule has 1 aromatic rings. The molecule has 0 spiro atoms. The largest absolute Gasteiger partial charge is 0.383 e. The maximum absolute atomic E-state index is 5.20. The van der Waals surface area contributed by atoms with Crippen LogP contribution in [0.25, 0.3) is 0 Å². The SMILES string of the molecule is CN=C(NCC1CCN(CCOC)CC1)N1CCN(c2cccc(C)c2C)CC1.I. The number of halogens is 1. The Morgan fingerprint density at radius 2 is 1.80 bits per heavy atom. The van der Waals surface area contributed by atoms with Gasteiger partial charge in [-0.15, -0.1) is 24.0 Å². The number of aryl methyl sites for hydroxylation is 1. The number of guanidine groups is 1. The molecule has 0 unspecified atom stereocenters. The number of nitrogens with one attached hydrogen (secondary N) is 1. The van der Waals surface area contributed by atoms with Crippen molar-refractivity contribution in [1.29, 1.82) is 0 Å². The van der Waals surface area contributed by atoms with Gasteiger partial charge < -0.3 is 24.8 Å². The fourth-order valence-corrected chi connectivity index (χ4v) is 4.44. The van der Waals surface area contributed by atoms with E-state index >= 15 is 0 Å². The van der Waals surface area contributed by atoms with Gasteiger partial charge in [-0.1, -0.05) is 12.1 Å². The van der Waals surface area contributed by atoms with Crippen molar-refractivity contribution in [2.45, 2.75) is 26.7 Å². The molecule has 0 atom stereocenters. The van der Waals surface area contributed by atoms with Gasteiger partial charge in [-0.3, -0.25) is 4.99 Å². The minimum atomic E-state index is 0. The number of likely N-dealkylation sites (tertiary alicyclic amines) is 1. The van der Waals surface area contributed by atoms with E-state index in [0.717, 1.165) is 57.8 Å². The summed E-state index contributed by atoms with van der Waals surface area (Å²) >= 11 is 0. The Labute approximate surface area is 200 Å². The first-order valence-corrected chi connectivity index (χ1v) is 11.1. The van der Waals surface area contributed by atoms with Crippen LogP contribution in [0.15, 0.2) is 23.2 Å². The van der Waals surface area contributed by atoms with Gasteiger partial charge in [0.2, 0.25) is 0 Å². The number of hydrogen-bond donors (Lipinski definition) is 1. The number of benzene rings is 1. The Hall–Kier alpha value is -1.06. The third-order valence-electron chi connectivity index (χ3n) is 6.58. The lowest BCUT2D eigenvalue weighted by Crippen LogP contribution is -2.53. The van der Waals surface area contributed by atoms with E-state index < -0.39 is 0 Å². The summed E-state index contributed by atoms with van der Waals surface area (Å²) in [5, 5.41) is 3.66. The number of piperidine rings is 1. The number of anilines is 1. The van der Waals surface area contributed by atoms with E-state index in [1.165, 1.54) is 42.7 Å². The quantitative estimate of drug-likeness (QED) is 0.349. The molecule has 0 radical (unpaired) electrons. The average molecular weight is 530 g/mol. The van der Waals surface area contributed by atoms with Gasteiger partial charge in [0.15, 0.2) is 5.96 Å². The highest BCUT2D eigenvalue weighted by Gasteiger charge is 2.23. The van der Waals surface area contributed by atoms with Crippen LogP contribution in [0.5, 0.6) is 0 Å². The van der Waals surface area contributed by atoms with Crippen LogP contribution in [0.3, 0.4) is 0 Å². The number of aliphatic imine (C=N–C) groups is 1. The highest BCUT2D eigenvalue weighted by molar-refractivity contribution is 14.0. The minimum Gasteiger partial charge on any atom is -0.383 e. The second kappa shape index (κ2) is 12.7. The molecule has 2 aliphatic heterocycles. The first-order valence-electron chi connectivity index (χ1n) is 11.1. The molecule has 0 saturated carbocycles. The molecule has 0 aliphatic carbocycles. The Bertz CT molecular complexity index is 668. The molecule has 7 heteroatoms. The summed E-state index contributed by atoms with van der Waals surface area (Å²) < 4.78 is 5.20. The van der Waals surface area contributed by atoms with E-state index in [4.69, 9.17) is 4.74 Å². The molecule has 6 nitrogen and oxygen atoms in total. The van der Waals surface area contributed by atoms with Crippen molar-refractivity contribution in [3.8, 4) is 0 Å². The lowest BCUT2D eigenvalue weighted by atomic mass is 9.97. The number of ether oxygens (including phenoxy) is 1. The van der Waals surface area contributed by atoms with Gasteiger partial charge in [-0.05, 0) is 62.9 Å². The standard InChI is InChI=1S/C23H39N5O.HI/c1-19-6-5-7-22(20(19)2)27-12-14-28(15-13-27)23(24-3)25-18-21-8-10-26(11-9-21)16-17-29-4;/h5-7,21H,8-18H2,1-4H3,(H,24,25);1H. The molecular formula is C23H40IN5O. The molecule has 1 aromatic carbocycles. The summed E-state index contributed by atoms with van der Waals surface area (Å²) in [5.41, 5.74) is 4.16. The van der Waals surface area contributed by atoms with E-state index in [9.17, 15) is 0 Å². The van der Waals surface area contributed by atoms with Crippen LogP contribution >= 0.6 is 24.0 Å². The molecule has 2 aliphatic rings. The van der Waals surface area contributed by atoms with Crippen molar-refractivity contribution in [2.24, 2.45) is 10.9 Å². The van der Waals surface area contributed by atoms with Gasteiger partial charge in [0, 0.05) is 59.1 Å². The van der Waals surface area contributed by atoms with Crippen LogP contribution in [0.4, 0.5) is 5.69 Å². The van der Waals surface area contributed by atoms with Crippen LogP contribution in [0, 0.1) is 19.8 Å². The number of hydrogen-bond acceptors (Lipinski definition) is 4. The molecule has 3 rings (SSSR count). The number of nitrogens with zero attached hydrogens (tertiary/aromatic N) is 4. The first kappa shape index (κ1) is 25.2. The van der Waals surface area contributed by atoms with Crippen LogP contribution < -0.4 is 10.2 Å². The summed E-state index contributed by atoms with van der Waals surface area (Å²) in [6.45, 7) is 13.8. The molecule has 2 fully saturated rings. The normalized spacial score (nSPS) is 19.0. The predicted molar refractivity (Wildman–Crippen MR) is 138 cm³/mol. The monoisotopic (exact) mass is 529 g/mol. The molecule has 0 aromatic heterocycles. The van der Waals surface area contributed by atoms with Crippen LogP contribution in [0.2, 0.25) is 0 Å². The zero-order chi connectivity index (χ0) is 20.6. The molecule has 1 N–H and O–H groups in total. The molecule has 2 heterocycles. The van der Waals surface area contributed by atoms with E-state index in [2.05, 4.69) is 57.1 Å². The zero-order valence-corrected chi connectivity index (χ0v) is 21.5. The average Bonchev–Trinajstić information content (AvgIpc) is 2.76. The fourth-order valence-electron chi connectivity index (χ4n) is 4.44. The van der Waals surface area contributed by atoms with Gasteiger partial charge in [-0.25, -0.2) is 0 Å². The van der Waals surface area contributed by atoms with Gasteiger partial charge in [0.1, 0.15) is 0 Å². The highest BCUT2D eigenvalue weighted by atomic mass is 127. The second-order valence-electron chi connectivity index (χ2n) is 8.40. The van der Waals surface area contributed by atoms with E-state index in [1.807, 2.05) is 7.05 Å². The van der Waals surface area contributed by atoms with Crippen LogP contribution in [-0.2, 0) is 4.74 Å². The zero-order valence-electron chi connectivity index (χ0n) is 19.2. The second-order valence-corrected chi connectivity index (χ2v) is 8.40. The Kier molecular flexibility index (Phi) is 10.7. The summed E-state index contributed by atoms with van der Waals surface area (Å²) in [6, 6.07) is 6.62. The number of piperazine rings is 1. The van der Waals surface area contributed by atoms with E-state index in [-0.39, 0.29) is 24.0 Å². The van der Waals surface area contributed by atoms with Crippen molar-refractivity contribution in [1.82, 2.24) is 15.1 Å². The maximum Gasteiger partial charge on any atom is 0.193 e. The summed E-state index contributed by atoms with van der Waals surface area (Å²) in [7, 11) is 3.69. The summed E-state index contributed by atoms with van der Waals surface area (Å²) in [4.78, 5) is 12.0. The molecule has 170 valence electrons. The predicted octanol–water partition coefficient (Wildman–Crippen LogP) is 2.98. The Morgan fingerprint density at radius 1 is 1.10 bits per heavy atom. The molecule has 2 saturated heterocycles. The number of methoxy groups -OCH3 is 1. The van der Waals surface area contributed by atoms with Crippen molar-refractivity contribution in [3.05, 3.63) is 29.3 Å². The van der Waals surface area contributed by atoms with Gasteiger partial charge >= 0.3 is 0 Å². The van der Waals surface area contributed by atoms with Crippen molar-refractivity contribution in [3.63, 3.8) is 0 Å². The smallest absolute Gasteiger partial charge is 0.193 e. The van der Waals surface area contributed by atoms with Crippen LogP contribution in [-0.4, -0.2) is 88.9 Å². The number of rotatable bonds is 6. The molecular weight excluding hydrogens is 489 g/mol. The van der Waals surface area contributed by atoms with Crippen molar-refractivity contribution in [2.75, 3.05) is 78.0 Å². The first-order chi connectivity index (χ1) is 14.1. The molecule has 0 bridgehead atoms. The van der Waals surface area contributed by atoms with Gasteiger partial charge in [0.05, 0.1) is 6.61 Å². The molecule has 0 amide bonds. The lowest BCUT2D eigenvalue weighted by molar-refractivity contribution is 0.120. The fraction of sp³-hybridized carbons (Fsp3) is 0.696. The van der Waals surface area contributed by atoms with Crippen molar-refractivity contribution >= 4 is 35.6 Å². The third-order valence-corrected chi connectivity index (χ3v) is 6.58. The summed E-state index contributed by atoms with van der Waals surface area (Å²) in [5.74, 6) is 1.80. The maximum atomic E-state index is 5.20. The van der Waals surface area contributed by atoms with Gasteiger partial charge in [-0.2, -0.15) is 0 Å². The Balaban J connectivity index is 0.00000320. The van der Waals surface area contributed by atoms with E-state index in [0.29, 0.717) is 0 Å². The lowest BCUT2D eigenvalue weighted by Gasteiger charge is -2.39. The molecule has 30 heavy (non-hydrogen) atoms. The minimum absolute atomic E-state index is 0. The van der Waals surface area contributed by atoms with Crippen LogP contribution in [0.1, 0.15) is 24.0 Å². The van der Waals surface area contributed by atoms with Crippen molar-refractivity contribution < 1.29 is 4.74 Å². The Morgan fingerprint density at radius 3 is 2.43 bits per heavy atom. The third kappa shape index (κ3) is 6.72. The highest BCUT2D eigenvalue weighted by Crippen LogP contribution is 2.24. The topological polar surface area (TPSA) is 43.3 Å².